The summed E-state index contributed by atoms with van der Waals surface area (Å²) in [4.78, 5) is 28.1. The van der Waals surface area contributed by atoms with Crippen LogP contribution in [0.2, 0.25) is 0 Å². The van der Waals surface area contributed by atoms with E-state index in [9.17, 15) is 9.59 Å². The number of carbonyl (C=O) groups is 2. The molecular formula is C24H22N2O3S. The van der Waals surface area contributed by atoms with E-state index in [1.54, 1.807) is 40.9 Å². The Morgan fingerprint density at radius 3 is 2.37 bits per heavy atom. The fraction of sp³-hybridized carbons (Fsp3) is 0.167. The highest BCUT2D eigenvalue weighted by Gasteiger charge is 2.23. The molecule has 1 N–H and O–H groups in total. The molecule has 1 aliphatic heterocycles. The SMILES string of the molecule is Cc1ccc(Sc2ccc(NC(=O)c3ccc(N4CCOC4=O)cc3)cc2)c(C)c1. The van der Waals surface area contributed by atoms with Gasteiger partial charge in [0, 0.05) is 26.7 Å². The van der Waals surface area contributed by atoms with Gasteiger partial charge in [-0.3, -0.25) is 9.69 Å². The molecular weight excluding hydrogens is 396 g/mol. The van der Waals surface area contributed by atoms with Crippen molar-refractivity contribution in [3.8, 4) is 0 Å². The van der Waals surface area contributed by atoms with Crippen molar-refractivity contribution < 1.29 is 14.3 Å². The second-order valence-electron chi connectivity index (χ2n) is 7.16. The first-order valence-corrected chi connectivity index (χ1v) is 10.5. The fourth-order valence-electron chi connectivity index (χ4n) is 3.27. The van der Waals surface area contributed by atoms with E-state index < -0.39 is 0 Å². The second-order valence-corrected chi connectivity index (χ2v) is 8.28. The molecule has 3 aromatic carbocycles. The van der Waals surface area contributed by atoms with Crippen LogP contribution in [0.25, 0.3) is 0 Å². The largest absolute Gasteiger partial charge is 0.447 e. The summed E-state index contributed by atoms with van der Waals surface area (Å²) in [5.74, 6) is -0.194. The van der Waals surface area contributed by atoms with Crippen LogP contribution in [0.3, 0.4) is 0 Å². The Kier molecular flexibility index (Phi) is 5.77. The Balaban J connectivity index is 1.39. The van der Waals surface area contributed by atoms with E-state index in [1.165, 1.54) is 16.0 Å². The van der Waals surface area contributed by atoms with Gasteiger partial charge in [-0.15, -0.1) is 0 Å². The Morgan fingerprint density at radius 1 is 1.00 bits per heavy atom. The molecule has 1 fully saturated rings. The van der Waals surface area contributed by atoms with E-state index >= 15 is 0 Å². The van der Waals surface area contributed by atoms with E-state index in [1.807, 2.05) is 24.3 Å². The molecule has 6 heteroatoms. The first-order chi connectivity index (χ1) is 14.5. The van der Waals surface area contributed by atoms with Crippen molar-refractivity contribution in [3.05, 3.63) is 83.4 Å². The first-order valence-electron chi connectivity index (χ1n) is 9.70. The number of rotatable bonds is 5. The minimum atomic E-state index is -0.356. The van der Waals surface area contributed by atoms with Crippen LogP contribution >= 0.6 is 11.8 Å². The summed E-state index contributed by atoms with van der Waals surface area (Å²) in [5.41, 5.74) is 4.49. The van der Waals surface area contributed by atoms with Crippen molar-refractivity contribution in [2.24, 2.45) is 0 Å². The second kappa shape index (κ2) is 8.63. The molecule has 5 nitrogen and oxygen atoms in total. The first kappa shape index (κ1) is 20.0. The van der Waals surface area contributed by atoms with E-state index in [-0.39, 0.29) is 12.0 Å². The third-order valence-corrected chi connectivity index (χ3v) is 6.06. The van der Waals surface area contributed by atoms with Gasteiger partial charge in [-0.05, 0) is 74.0 Å². The standard InChI is InChI=1S/C24H22N2O3S/c1-16-3-12-22(17(2)15-16)30-21-10-6-19(7-11-21)25-23(27)18-4-8-20(9-5-18)26-13-14-29-24(26)28/h3-12,15H,13-14H2,1-2H3,(H,25,27). The van der Waals surface area contributed by atoms with Crippen LogP contribution in [0, 0.1) is 13.8 Å². The number of nitrogens with zero attached hydrogens (tertiary/aromatic N) is 1. The summed E-state index contributed by atoms with van der Waals surface area (Å²) in [6, 6.07) is 21.2. The van der Waals surface area contributed by atoms with Gasteiger partial charge in [0.15, 0.2) is 0 Å². The molecule has 0 atom stereocenters. The maximum Gasteiger partial charge on any atom is 0.414 e. The zero-order valence-corrected chi connectivity index (χ0v) is 17.7. The number of amides is 2. The number of benzene rings is 3. The molecule has 30 heavy (non-hydrogen) atoms. The molecule has 0 aromatic heterocycles. The molecule has 0 unspecified atom stereocenters. The van der Waals surface area contributed by atoms with Crippen molar-refractivity contribution in [2.75, 3.05) is 23.4 Å². The maximum absolute atomic E-state index is 12.5. The molecule has 0 radical (unpaired) electrons. The van der Waals surface area contributed by atoms with Gasteiger partial charge in [0.05, 0.1) is 6.54 Å². The number of hydrogen-bond donors (Lipinski definition) is 1. The van der Waals surface area contributed by atoms with Crippen molar-refractivity contribution >= 4 is 35.1 Å². The molecule has 1 saturated heterocycles. The van der Waals surface area contributed by atoms with E-state index in [4.69, 9.17) is 4.74 Å². The van der Waals surface area contributed by atoms with Gasteiger partial charge in [0.1, 0.15) is 6.61 Å². The molecule has 1 heterocycles. The van der Waals surface area contributed by atoms with Crippen LogP contribution in [-0.4, -0.2) is 25.2 Å². The third-order valence-electron chi connectivity index (χ3n) is 4.87. The lowest BCUT2D eigenvalue weighted by atomic mass is 10.1. The lowest BCUT2D eigenvalue weighted by Crippen LogP contribution is -2.23. The van der Waals surface area contributed by atoms with Crippen LogP contribution in [0.1, 0.15) is 21.5 Å². The molecule has 2 amide bonds. The van der Waals surface area contributed by atoms with Crippen molar-refractivity contribution in [3.63, 3.8) is 0 Å². The van der Waals surface area contributed by atoms with Crippen LogP contribution in [0.15, 0.2) is 76.5 Å². The summed E-state index contributed by atoms with van der Waals surface area (Å²) in [6.07, 6.45) is -0.356. The molecule has 0 saturated carbocycles. The zero-order chi connectivity index (χ0) is 21.1. The number of nitrogens with one attached hydrogen (secondary N) is 1. The predicted octanol–water partition coefficient (Wildman–Crippen LogP) is 5.66. The highest BCUT2D eigenvalue weighted by Crippen LogP contribution is 2.31. The Bertz CT molecular complexity index is 1080. The van der Waals surface area contributed by atoms with Crippen molar-refractivity contribution in [1.82, 2.24) is 0 Å². The topological polar surface area (TPSA) is 58.6 Å². The number of cyclic esters (lactones) is 1. The molecule has 0 bridgehead atoms. The van der Waals surface area contributed by atoms with Crippen LogP contribution in [0.5, 0.6) is 0 Å². The molecule has 4 rings (SSSR count). The van der Waals surface area contributed by atoms with Crippen molar-refractivity contribution in [1.29, 1.82) is 0 Å². The lowest BCUT2D eigenvalue weighted by molar-refractivity contribution is 0.102. The summed E-state index contributed by atoms with van der Waals surface area (Å²) < 4.78 is 4.94. The lowest BCUT2D eigenvalue weighted by Gasteiger charge is -2.13. The van der Waals surface area contributed by atoms with E-state index in [0.717, 1.165) is 16.3 Å². The summed E-state index contributed by atoms with van der Waals surface area (Å²) in [5, 5.41) is 2.91. The highest BCUT2D eigenvalue weighted by atomic mass is 32.2. The average molecular weight is 419 g/mol. The maximum atomic E-state index is 12.5. The highest BCUT2D eigenvalue weighted by molar-refractivity contribution is 7.99. The van der Waals surface area contributed by atoms with Crippen molar-refractivity contribution in [2.45, 2.75) is 23.6 Å². The van der Waals surface area contributed by atoms with E-state index in [2.05, 4.69) is 37.4 Å². The number of carbonyl (C=O) groups excluding carboxylic acids is 2. The number of anilines is 2. The van der Waals surface area contributed by atoms with Gasteiger partial charge in [-0.1, -0.05) is 29.5 Å². The average Bonchev–Trinajstić information content (AvgIpc) is 3.17. The van der Waals surface area contributed by atoms with Gasteiger partial charge >= 0.3 is 6.09 Å². The summed E-state index contributed by atoms with van der Waals surface area (Å²) in [6.45, 7) is 5.12. The van der Waals surface area contributed by atoms with Gasteiger partial charge in [-0.2, -0.15) is 0 Å². The zero-order valence-electron chi connectivity index (χ0n) is 16.8. The van der Waals surface area contributed by atoms with Gasteiger partial charge in [-0.25, -0.2) is 4.79 Å². The number of hydrogen-bond acceptors (Lipinski definition) is 4. The molecule has 0 aliphatic carbocycles. The third kappa shape index (κ3) is 4.49. The summed E-state index contributed by atoms with van der Waals surface area (Å²) in [7, 11) is 0. The molecule has 3 aromatic rings. The quantitative estimate of drug-likeness (QED) is 0.580. The Labute approximate surface area is 180 Å². The minimum Gasteiger partial charge on any atom is -0.447 e. The van der Waals surface area contributed by atoms with E-state index in [0.29, 0.717) is 18.7 Å². The van der Waals surface area contributed by atoms with Gasteiger partial charge < -0.3 is 10.1 Å². The van der Waals surface area contributed by atoms with Crippen LogP contribution < -0.4 is 10.2 Å². The van der Waals surface area contributed by atoms with Gasteiger partial charge in [0.2, 0.25) is 0 Å². The normalized spacial score (nSPS) is 13.3. The summed E-state index contributed by atoms with van der Waals surface area (Å²) >= 11 is 1.71. The van der Waals surface area contributed by atoms with Crippen LogP contribution in [0.4, 0.5) is 16.2 Å². The van der Waals surface area contributed by atoms with Crippen LogP contribution in [-0.2, 0) is 4.74 Å². The number of ether oxygens (including phenoxy) is 1. The van der Waals surface area contributed by atoms with Gasteiger partial charge in [0.25, 0.3) is 5.91 Å². The molecule has 1 aliphatic rings. The number of aryl methyl sites for hydroxylation is 2. The fourth-order valence-corrected chi connectivity index (χ4v) is 4.15. The molecule has 152 valence electrons. The Hall–Kier alpha value is -3.25. The Morgan fingerprint density at radius 2 is 1.73 bits per heavy atom. The minimum absolute atomic E-state index is 0.194. The predicted molar refractivity (Wildman–Crippen MR) is 120 cm³/mol. The smallest absolute Gasteiger partial charge is 0.414 e. The molecule has 0 spiro atoms. The monoisotopic (exact) mass is 418 g/mol.